The van der Waals surface area contributed by atoms with Crippen LogP contribution in [0.3, 0.4) is 0 Å². The maximum absolute atomic E-state index is 12.9. The van der Waals surface area contributed by atoms with Crippen molar-refractivity contribution >= 4 is 22.8 Å². The van der Waals surface area contributed by atoms with Gasteiger partial charge in [-0.1, -0.05) is 6.42 Å². The molecule has 2 aromatic rings. The van der Waals surface area contributed by atoms with Gasteiger partial charge >= 0.3 is 6.18 Å². The zero-order valence-corrected chi connectivity index (χ0v) is 12.9. The van der Waals surface area contributed by atoms with E-state index in [1.54, 1.807) is 18.7 Å². The number of nitrogens with zero attached hydrogens (tertiary/aromatic N) is 3. The van der Waals surface area contributed by atoms with Gasteiger partial charge in [-0.05, 0) is 26.2 Å². The molecule has 9 heteroatoms. The summed E-state index contributed by atoms with van der Waals surface area (Å²) >= 11 is 0. The fourth-order valence-electron chi connectivity index (χ4n) is 3.27. The number of carbonyl (C=O) groups excluding carboxylic acids is 1. The molecule has 6 nitrogen and oxygen atoms in total. The van der Waals surface area contributed by atoms with Gasteiger partial charge in [-0.15, -0.1) is 0 Å². The molecule has 2 N–H and O–H groups in total. The number of H-pyrrole nitrogens is 1. The number of aryl methyl sites for hydroxylation is 2. The van der Waals surface area contributed by atoms with Gasteiger partial charge in [0.15, 0.2) is 5.65 Å². The van der Waals surface area contributed by atoms with E-state index >= 15 is 0 Å². The molecule has 2 atom stereocenters. The zero-order chi connectivity index (χ0) is 16.8. The first-order valence-electron chi connectivity index (χ1n) is 7.52. The molecule has 1 aliphatic carbocycles. The van der Waals surface area contributed by atoms with Crippen LogP contribution < -0.4 is 5.32 Å². The van der Waals surface area contributed by atoms with Gasteiger partial charge in [-0.25, -0.2) is 4.68 Å². The average Bonchev–Trinajstić information content (AvgIpc) is 3.01. The van der Waals surface area contributed by atoms with E-state index in [0.29, 0.717) is 35.4 Å². The molecule has 23 heavy (non-hydrogen) atoms. The highest BCUT2D eigenvalue weighted by molar-refractivity contribution is 6.00. The molecule has 1 amide bonds. The summed E-state index contributed by atoms with van der Waals surface area (Å²) in [5.74, 6) is -2.03. The van der Waals surface area contributed by atoms with E-state index in [0.717, 1.165) is 0 Å². The van der Waals surface area contributed by atoms with Crippen LogP contribution in [0.4, 0.5) is 19.0 Å². The van der Waals surface area contributed by atoms with E-state index in [4.69, 9.17) is 0 Å². The summed E-state index contributed by atoms with van der Waals surface area (Å²) < 4.78 is 40.2. The summed E-state index contributed by atoms with van der Waals surface area (Å²) in [4.78, 5) is 12.3. The molecule has 1 fully saturated rings. The summed E-state index contributed by atoms with van der Waals surface area (Å²) in [6.45, 7) is 1.79. The number of aromatic amines is 1. The molecule has 0 aliphatic heterocycles. The standard InChI is InChI=1S/C14H18F3N5O/c1-7-10-11(19-20-12(10)22(2)21-7)18-13(23)8-4-3-5-9(6-8)14(15,16)17/h8-9H,3-6H2,1-2H3,(H2,18,19,20,23). The number of rotatable bonds is 2. The molecule has 0 aromatic carbocycles. The molecule has 1 saturated carbocycles. The second kappa shape index (κ2) is 5.54. The lowest BCUT2D eigenvalue weighted by atomic mass is 9.80. The van der Waals surface area contributed by atoms with Crippen molar-refractivity contribution in [2.24, 2.45) is 18.9 Å². The highest BCUT2D eigenvalue weighted by Gasteiger charge is 2.43. The largest absolute Gasteiger partial charge is 0.391 e. The minimum Gasteiger partial charge on any atom is -0.310 e. The number of hydrogen-bond acceptors (Lipinski definition) is 3. The van der Waals surface area contributed by atoms with Gasteiger partial charge in [-0.2, -0.15) is 23.4 Å². The van der Waals surface area contributed by atoms with Gasteiger partial charge in [0, 0.05) is 13.0 Å². The van der Waals surface area contributed by atoms with Crippen LogP contribution in [0.15, 0.2) is 0 Å². The molecule has 0 saturated heterocycles. The van der Waals surface area contributed by atoms with Crippen molar-refractivity contribution in [3.05, 3.63) is 5.69 Å². The number of nitrogens with one attached hydrogen (secondary N) is 2. The van der Waals surface area contributed by atoms with E-state index in [1.165, 1.54) is 0 Å². The fraction of sp³-hybridized carbons (Fsp3) is 0.643. The molecule has 1 aliphatic rings. The Hall–Kier alpha value is -2.06. The molecule has 2 aromatic heterocycles. The van der Waals surface area contributed by atoms with Crippen LogP contribution in [0.25, 0.3) is 11.0 Å². The third-order valence-electron chi connectivity index (χ3n) is 4.47. The quantitative estimate of drug-likeness (QED) is 0.889. The third-order valence-corrected chi connectivity index (χ3v) is 4.47. The van der Waals surface area contributed by atoms with E-state index in [9.17, 15) is 18.0 Å². The first-order chi connectivity index (χ1) is 10.8. The van der Waals surface area contributed by atoms with Gasteiger partial charge in [0.1, 0.15) is 5.82 Å². The number of halogens is 3. The molecule has 126 valence electrons. The average molecular weight is 329 g/mol. The number of alkyl halides is 3. The number of carbonyl (C=O) groups is 1. The Morgan fingerprint density at radius 2 is 2.13 bits per heavy atom. The fourth-order valence-corrected chi connectivity index (χ4v) is 3.27. The van der Waals surface area contributed by atoms with Gasteiger partial charge < -0.3 is 5.32 Å². The van der Waals surface area contributed by atoms with Crippen LogP contribution in [-0.2, 0) is 11.8 Å². The van der Waals surface area contributed by atoms with Gasteiger partial charge in [0.05, 0.1) is 17.0 Å². The summed E-state index contributed by atoms with van der Waals surface area (Å²) in [6, 6.07) is 0. The Morgan fingerprint density at radius 3 is 2.83 bits per heavy atom. The molecule has 2 heterocycles. The Balaban J connectivity index is 1.76. The second-order valence-corrected chi connectivity index (χ2v) is 6.10. The molecule has 0 radical (unpaired) electrons. The maximum atomic E-state index is 12.9. The number of anilines is 1. The molecular formula is C14H18F3N5O. The van der Waals surface area contributed by atoms with Crippen molar-refractivity contribution in [3.63, 3.8) is 0 Å². The van der Waals surface area contributed by atoms with Crippen LogP contribution in [0.1, 0.15) is 31.4 Å². The molecule has 0 bridgehead atoms. The molecule has 2 unspecified atom stereocenters. The van der Waals surface area contributed by atoms with E-state index < -0.39 is 23.9 Å². The summed E-state index contributed by atoms with van der Waals surface area (Å²) in [5.41, 5.74) is 1.29. The Morgan fingerprint density at radius 1 is 1.39 bits per heavy atom. The normalized spacial score (nSPS) is 22.5. The summed E-state index contributed by atoms with van der Waals surface area (Å²) in [7, 11) is 1.73. The lowest BCUT2D eigenvalue weighted by Gasteiger charge is -2.29. The van der Waals surface area contributed by atoms with Crippen molar-refractivity contribution in [3.8, 4) is 0 Å². The van der Waals surface area contributed by atoms with Crippen LogP contribution in [0, 0.1) is 18.8 Å². The van der Waals surface area contributed by atoms with Crippen LogP contribution in [0.2, 0.25) is 0 Å². The Labute approximate surface area is 130 Å². The summed E-state index contributed by atoms with van der Waals surface area (Å²) in [6.07, 6.45) is -3.41. The molecule has 3 rings (SSSR count). The highest BCUT2D eigenvalue weighted by Crippen LogP contribution is 2.40. The Bertz CT molecular complexity index is 733. The van der Waals surface area contributed by atoms with Gasteiger partial charge in [-0.3, -0.25) is 9.89 Å². The minimum atomic E-state index is -4.24. The SMILES string of the molecule is Cc1nn(C)c2n[nH]c(NC(=O)C3CCCC(C(F)(F)F)C3)c12. The number of amides is 1. The van der Waals surface area contributed by atoms with Gasteiger partial charge in [0.25, 0.3) is 0 Å². The molecular weight excluding hydrogens is 311 g/mol. The topological polar surface area (TPSA) is 75.6 Å². The minimum absolute atomic E-state index is 0.100. The second-order valence-electron chi connectivity index (χ2n) is 6.10. The van der Waals surface area contributed by atoms with E-state index in [2.05, 4.69) is 20.6 Å². The van der Waals surface area contributed by atoms with Crippen molar-refractivity contribution in [2.45, 2.75) is 38.8 Å². The monoisotopic (exact) mass is 329 g/mol. The number of hydrogen-bond donors (Lipinski definition) is 2. The van der Waals surface area contributed by atoms with Gasteiger partial charge in [0.2, 0.25) is 5.91 Å². The van der Waals surface area contributed by atoms with Crippen molar-refractivity contribution in [2.75, 3.05) is 5.32 Å². The van der Waals surface area contributed by atoms with Crippen LogP contribution in [-0.4, -0.2) is 32.1 Å². The number of fused-ring (bicyclic) bond motifs is 1. The van der Waals surface area contributed by atoms with E-state index in [1.807, 2.05) is 0 Å². The van der Waals surface area contributed by atoms with E-state index in [-0.39, 0.29) is 12.8 Å². The first-order valence-corrected chi connectivity index (χ1v) is 7.52. The lowest BCUT2D eigenvalue weighted by Crippen LogP contribution is -2.34. The highest BCUT2D eigenvalue weighted by atomic mass is 19.4. The predicted molar refractivity (Wildman–Crippen MR) is 77.7 cm³/mol. The maximum Gasteiger partial charge on any atom is 0.391 e. The molecule has 0 spiro atoms. The number of aromatic nitrogens is 4. The van der Waals surface area contributed by atoms with Crippen LogP contribution >= 0.6 is 0 Å². The third kappa shape index (κ3) is 2.91. The summed E-state index contributed by atoms with van der Waals surface area (Å²) in [5, 5.41) is 14.4. The Kier molecular flexibility index (Phi) is 3.81. The van der Waals surface area contributed by atoms with Crippen molar-refractivity contribution < 1.29 is 18.0 Å². The smallest absolute Gasteiger partial charge is 0.310 e. The zero-order valence-electron chi connectivity index (χ0n) is 12.9. The van der Waals surface area contributed by atoms with Crippen LogP contribution in [0.5, 0.6) is 0 Å². The van der Waals surface area contributed by atoms with Crippen molar-refractivity contribution in [1.29, 1.82) is 0 Å². The predicted octanol–water partition coefficient (Wildman–Crippen LogP) is 2.91. The lowest BCUT2D eigenvalue weighted by molar-refractivity contribution is -0.185. The van der Waals surface area contributed by atoms with Crippen molar-refractivity contribution in [1.82, 2.24) is 20.0 Å². The first kappa shape index (κ1) is 15.8.